The van der Waals surface area contributed by atoms with Gasteiger partial charge < -0.3 is 10.3 Å². The number of benzene rings is 2. The van der Waals surface area contributed by atoms with Gasteiger partial charge in [-0.2, -0.15) is 0 Å². The van der Waals surface area contributed by atoms with E-state index in [9.17, 15) is 8.42 Å². The second-order valence-corrected chi connectivity index (χ2v) is 11.2. The van der Waals surface area contributed by atoms with Gasteiger partial charge in [0.15, 0.2) is 0 Å². The number of aromatic nitrogens is 2. The monoisotopic (exact) mass is 509 g/mol. The van der Waals surface area contributed by atoms with Crippen molar-refractivity contribution in [1.29, 1.82) is 0 Å². The Morgan fingerprint density at radius 1 is 1.15 bits per heavy atom. The van der Waals surface area contributed by atoms with Crippen molar-refractivity contribution < 1.29 is 8.42 Å². The lowest BCUT2D eigenvalue weighted by Gasteiger charge is -2.32. The van der Waals surface area contributed by atoms with Crippen LogP contribution in [0.4, 0.5) is 11.6 Å². The van der Waals surface area contributed by atoms with Crippen LogP contribution in [0.15, 0.2) is 36.4 Å². The Hall–Kier alpha value is -2.00. The van der Waals surface area contributed by atoms with Gasteiger partial charge in [-0.05, 0) is 68.1 Å². The molecule has 3 N–H and O–H groups in total. The zero-order valence-corrected chi connectivity index (χ0v) is 20.9. The van der Waals surface area contributed by atoms with Crippen LogP contribution in [0.25, 0.3) is 11.0 Å². The predicted octanol–water partition coefficient (Wildman–Crippen LogP) is 5.35. The van der Waals surface area contributed by atoms with Crippen molar-refractivity contribution >= 4 is 55.9 Å². The van der Waals surface area contributed by atoms with Crippen LogP contribution in [0.3, 0.4) is 0 Å². The minimum absolute atomic E-state index is 0.0860. The first kappa shape index (κ1) is 24.1. The lowest BCUT2D eigenvalue weighted by atomic mass is 9.96. The summed E-state index contributed by atoms with van der Waals surface area (Å²) in [6.07, 6.45) is 2.75. The van der Waals surface area contributed by atoms with Gasteiger partial charge in [0.25, 0.3) is 0 Å². The number of nitrogens with one attached hydrogen (secondary N) is 3. The summed E-state index contributed by atoms with van der Waals surface area (Å²) in [5.74, 6) is 1.29. The maximum Gasteiger partial charge on any atom is 0.232 e. The maximum atomic E-state index is 12.2. The van der Waals surface area contributed by atoms with Crippen molar-refractivity contribution in [3.63, 3.8) is 0 Å². The number of H-pyrrole nitrogens is 1. The van der Waals surface area contributed by atoms with E-state index in [0.29, 0.717) is 39.5 Å². The van der Waals surface area contributed by atoms with E-state index in [1.54, 1.807) is 6.07 Å². The summed E-state index contributed by atoms with van der Waals surface area (Å²) in [6, 6.07) is 11.3. The second kappa shape index (κ2) is 10.5. The molecule has 1 saturated heterocycles. The van der Waals surface area contributed by atoms with Crippen LogP contribution >= 0.6 is 23.2 Å². The average Bonchev–Trinajstić information content (AvgIpc) is 3.20. The second-order valence-electron chi connectivity index (χ2n) is 8.56. The zero-order valence-electron chi connectivity index (χ0n) is 18.6. The fourth-order valence-corrected chi connectivity index (χ4v) is 5.63. The number of aromatic amines is 1. The van der Waals surface area contributed by atoms with Gasteiger partial charge in [-0.15, -0.1) is 0 Å². The van der Waals surface area contributed by atoms with E-state index < -0.39 is 10.0 Å². The molecule has 1 aliphatic rings. The van der Waals surface area contributed by atoms with Crippen molar-refractivity contribution in [1.82, 2.24) is 14.9 Å². The van der Waals surface area contributed by atoms with Crippen LogP contribution in [0.5, 0.6) is 0 Å². The Balaban J connectivity index is 1.31. The summed E-state index contributed by atoms with van der Waals surface area (Å²) in [5.41, 5.74) is 3.09. The molecule has 4 rings (SSSR count). The third-order valence-corrected chi connectivity index (χ3v) is 8.12. The Kier molecular flexibility index (Phi) is 7.69. The van der Waals surface area contributed by atoms with Crippen molar-refractivity contribution in [3.8, 4) is 0 Å². The number of piperidine rings is 1. The Morgan fingerprint density at radius 3 is 2.67 bits per heavy atom. The normalized spacial score (nSPS) is 15.7. The number of nitrogens with zero attached hydrogens (tertiary/aromatic N) is 2. The van der Waals surface area contributed by atoms with E-state index in [1.165, 1.54) is 5.56 Å². The van der Waals surface area contributed by atoms with Crippen molar-refractivity contribution in [2.24, 2.45) is 5.92 Å². The molecule has 2 aromatic carbocycles. The number of rotatable bonds is 9. The van der Waals surface area contributed by atoms with E-state index >= 15 is 0 Å². The van der Waals surface area contributed by atoms with Crippen LogP contribution in [0, 0.1) is 5.92 Å². The summed E-state index contributed by atoms with van der Waals surface area (Å²) < 4.78 is 27.0. The van der Waals surface area contributed by atoms with Crippen molar-refractivity contribution in [3.05, 3.63) is 52.0 Å². The van der Waals surface area contributed by atoms with E-state index in [0.717, 1.165) is 44.5 Å². The van der Waals surface area contributed by atoms with Crippen LogP contribution in [0.1, 0.15) is 31.7 Å². The number of imidazole rings is 1. The lowest BCUT2D eigenvalue weighted by Crippen LogP contribution is -2.35. The average molecular weight is 510 g/mol. The van der Waals surface area contributed by atoms with Crippen LogP contribution < -0.4 is 10.0 Å². The minimum atomic E-state index is -3.37. The first-order valence-electron chi connectivity index (χ1n) is 11.2. The Morgan fingerprint density at radius 2 is 1.94 bits per heavy atom. The van der Waals surface area contributed by atoms with Gasteiger partial charge in [0.1, 0.15) is 5.52 Å². The van der Waals surface area contributed by atoms with Crippen molar-refractivity contribution in [2.45, 2.75) is 32.7 Å². The number of halogens is 2. The van der Waals surface area contributed by atoms with Crippen molar-refractivity contribution in [2.75, 3.05) is 35.4 Å². The van der Waals surface area contributed by atoms with Crippen LogP contribution in [-0.2, 0) is 16.6 Å². The third-order valence-electron chi connectivity index (χ3n) is 5.91. The third kappa shape index (κ3) is 6.32. The van der Waals surface area contributed by atoms with Gasteiger partial charge in [-0.25, -0.2) is 13.4 Å². The highest BCUT2D eigenvalue weighted by atomic mass is 35.5. The van der Waals surface area contributed by atoms with E-state index in [1.807, 2.05) is 37.3 Å². The van der Waals surface area contributed by atoms with Gasteiger partial charge in [-0.1, -0.05) is 42.3 Å². The number of anilines is 2. The molecule has 3 aromatic rings. The van der Waals surface area contributed by atoms with E-state index in [4.69, 9.17) is 23.2 Å². The van der Waals surface area contributed by atoms with Gasteiger partial charge in [-0.3, -0.25) is 9.62 Å². The van der Waals surface area contributed by atoms with E-state index in [2.05, 4.69) is 24.9 Å². The maximum absolute atomic E-state index is 12.2. The van der Waals surface area contributed by atoms with Gasteiger partial charge in [0, 0.05) is 13.1 Å². The first-order valence-corrected chi connectivity index (χ1v) is 13.6. The molecule has 0 bridgehead atoms. The topological polar surface area (TPSA) is 90.1 Å². The largest absolute Gasteiger partial charge is 0.356 e. The molecule has 7 nitrogen and oxygen atoms in total. The van der Waals surface area contributed by atoms with Crippen LogP contribution in [-0.4, -0.2) is 48.7 Å². The molecule has 10 heteroatoms. The molecular weight excluding hydrogens is 481 g/mol. The summed E-state index contributed by atoms with van der Waals surface area (Å²) in [4.78, 5) is 10.3. The molecule has 0 saturated carbocycles. The number of hydrogen-bond donors (Lipinski definition) is 3. The quantitative estimate of drug-likeness (QED) is 0.361. The minimum Gasteiger partial charge on any atom is -0.356 e. The molecule has 0 unspecified atom stereocenters. The fourth-order valence-electron chi connectivity index (χ4n) is 4.17. The Bertz CT molecular complexity index is 1210. The summed E-state index contributed by atoms with van der Waals surface area (Å²) in [5, 5.41) is 4.58. The number of sulfonamides is 1. The molecule has 0 spiro atoms. The molecule has 33 heavy (non-hydrogen) atoms. The standard InChI is InChI=1S/C23H29Cl2N5O2S/c1-2-12-33(31,32)29-21-5-3-4-20-22(21)28-23(27-20)26-14-16-8-10-30(11-9-16)15-17-6-7-18(24)19(25)13-17/h3-7,13,16,29H,2,8-12,14-15H2,1H3,(H2,26,27,28). The SMILES string of the molecule is CCCS(=O)(=O)Nc1cccc2[nH]c(NCC3CCN(Cc4ccc(Cl)c(Cl)c4)CC3)nc12. The molecule has 178 valence electrons. The lowest BCUT2D eigenvalue weighted by molar-refractivity contribution is 0.182. The highest BCUT2D eigenvalue weighted by molar-refractivity contribution is 7.92. The molecule has 0 radical (unpaired) electrons. The Labute approximate surface area is 204 Å². The number of likely N-dealkylation sites (tertiary alicyclic amines) is 1. The van der Waals surface area contributed by atoms with Crippen LogP contribution in [0.2, 0.25) is 10.0 Å². The molecule has 2 heterocycles. The summed E-state index contributed by atoms with van der Waals surface area (Å²) in [6.45, 7) is 5.58. The van der Waals surface area contributed by atoms with E-state index in [-0.39, 0.29) is 5.75 Å². The molecule has 0 aliphatic carbocycles. The number of hydrogen-bond acceptors (Lipinski definition) is 5. The predicted molar refractivity (Wildman–Crippen MR) is 137 cm³/mol. The molecule has 1 aromatic heterocycles. The smallest absolute Gasteiger partial charge is 0.232 e. The molecule has 0 atom stereocenters. The van der Waals surface area contributed by atoms with Gasteiger partial charge >= 0.3 is 0 Å². The fraction of sp³-hybridized carbons (Fsp3) is 0.435. The summed E-state index contributed by atoms with van der Waals surface area (Å²) >= 11 is 12.2. The van der Waals surface area contributed by atoms with Gasteiger partial charge in [0.2, 0.25) is 16.0 Å². The zero-order chi connectivity index (χ0) is 23.4. The first-order chi connectivity index (χ1) is 15.8. The number of fused-ring (bicyclic) bond motifs is 1. The summed E-state index contributed by atoms with van der Waals surface area (Å²) in [7, 11) is -3.37. The van der Waals surface area contributed by atoms with Gasteiger partial charge in [0.05, 0.1) is 27.0 Å². The molecule has 1 aliphatic heterocycles. The highest BCUT2D eigenvalue weighted by Crippen LogP contribution is 2.26. The molecule has 1 fully saturated rings. The highest BCUT2D eigenvalue weighted by Gasteiger charge is 2.20. The molecule has 0 amide bonds. The number of para-hydroxylation sites is 1. The molecular formula is C23H29Cl2N5O2S.